The van der Waals surface area contributed by atoms with Gasteiger partial charge in [-0.1, -0.05) is 0 Å². The highest BCUT2D eigenvalue weighted by Crippen LogP contribution is 2.09. The van der Waals surface area contributed by atoms with Gasteiger partial charge in [0.05, 0.1) is 6.26 Å². The maximum absolute atomic E-state index is 10.6. The van der Waals surface area contributed by atoms with Crippen LogP contribution in [0.2, 0.25) is 0 Å². The van der Waals surface area contributed by atoms with Crippen LogP contribution in [-0.2, 0) is 6.42 Å². The quantitative estimate of drug-likeness (QED) is 0.778. The van der Waals surface area contributed by atoms with E-state index in [9.17, 15) is 4.79 Å². The number of aromatic amines is 1. The fourth-order valence-electron chi connectivity index (χ4n) is 1.27. The van der Waals surface area contributed by atoms with Gasteiger partial charge in [-0.05, 0) is 24.3 Å². The molecule has 0 aliphatic carbocycles. The molecule has 0 aliphatic rings. The lowest BCUT2D eigenvalue weighted by atomic mass is 10.2. The van der Waals surface area contributed by atoms with E-state index in [0.717, 1.165) is 11.5 Å². The number of aromatic carboxylic acids is 1. The first-order valence-electron chi connectivity index (χ1n) is 4.19. The molecular weight excluding hydrogens is 182 g/mol. The first-order chi connectivity index (χ1) is 6.75. The van der Waals surface area contributed by atoms with Crippen LogP contribution < -0.4 is 0 Å². The van der Waals surface area contributed by atoms with E-state index in [1.807, 2.05) is 6.07 Å². The van der Waals surface area contributed by atoms with Crippen LogP contribution in [0.15, 0.2) is 34.9 Å². The Morgan fingerprint density at radius 3 is 2.86 bits per heavy atom. The molecule has 0 saturated carbocycles. The molecule has 4 nitrogen and oxygen atoms in total. The monoisotopic (exact) mass is 191 g/mol. The SMILES string of the molecule is O=C(O)c1ccc(Cc2ccco2)[nH]1. The third kappa shape index (κ3) is 1.69. The zero-order valence-electron chi connectivity index (χ0n) is 7.36. The Kier molecular flexibility index (Phi) is 2.10. The van der Waals surface area contributed by atoms with Gasteiger partial charge in [-0.2, -0.15) is 0 Å². The van der Waals surface area contributed by atoms with E-state index in [1.54, 1.807) is 24.5 Å². The molecule has 0 radical (unpaired) electrons. The van der Waals surface area contributed by atoms with Gasteiger partial charge >= 0.3 is 5.97 Å². The van der Waals surface area contributed by atoms with E-state index in [2.05, 4.69) is 4.98 Å². The highest BCUT2D eigenvalue weighted by atomic mass is 16.4. The Bertz CT molecular complexity index is 428. The van der Waals surface area contributed by atoms with Gasteiger partial charge < -0.3 is 14.5 Å². The molecule has 2 rings (SSSR count). The van der Waals surface area contributed by atoms with Gasteiger partial charge in [0.15, 0.2) is 0 Å². The average Bonchev–Trinajstić information content (AvgIpc) is 2.75. The summed E-state index contributed by atoms with van der Waals surface area (Å²) in [6, 6.07) is 6.93. The van der Waals surface area contributed by atoms with Crippen molar-refractivity contribution >= 4 is 5.97 Å². The highest BCUT2D eigenvalue weighted by molar-refractivity contribution is 5.85. The molecule has 0 aromatic carbocycles. The Balaban J connectivity index is 2.14. The molecular formula is C10H9NO3. The lowest BCUT2D eigenvalue weighted by Crippen LogP contribution is -1.96. The van der Waals surface area contributed by atoms with Gasteiger partial charge in [0, 0.05) is 12.1 Å². The van der Waals surface area contributed by atoms with Crippen LogP contribution in [0.3, 0.4) is 0 Å². The molecule has 4 heteroatoms. The second-order valence-electron chi connectivity index (χ2n) is 2.96. The number of furan rings is 1. The number of carbonyl (C=O) groups is 1. The van der Waals surface area contributed by atoms with Gasteiger partial charge in [0.2, 0.25) is 0 Å². The summed E-state index contributed by atoms with van der Waals surface area (Å²) in [7, 11) is 0. The lowest BCUT2D eigenvalue weighted by molar-refractivity contribution is 0.0691. The molecule has 72 valence electrons. The van der Waals surface area contributed by atoms with Crippen molar-refractivity contribution in [2.45, 2.75) is 6.42 Å². The van der Waals surface area contributed by atoms with E-state index in [1.165, 1.54) is 0 Å². The molecule has 0 unspecified atom stereocenters. The number of nitrogens with one attached hydrogen (secondary N) is 1. The smallest absolute Gasteiger partial charge is 0.352 e. The number of H-pyrrole nitrogens is 1. The molecule has 0 saturated heterocycles. The Labute approximate surface area is 80.2 Å². The minimum absolute atomic E-state index is 0.201. The molecule has 2 heterocycles. The molecule has 0 fully saturated rings. The summed E-state index contributed by atoms with van der Waals surface area (Å²) in [5.41, 5.74) is 1.03. The van der Waals surface area contributed by atoms with Gasteiger partial charge in [-0.15, -0.1) is 0 Å². The van der Waals surface area contributed by atoms with Crippen LogP contribution in [0.4, 0.5) is 0 Å². The summed E-state index contributed by atoms with van der Waals surface area (Å²) >= 11 is 0. The van der Waals surface area contributed by atoms with Crippen molar-refractivity contribution in [1.29, 1.82) is 0 Å². The summed E-state index contributed by atoms with van der Waals surface area (Å²) in [5, 5.41) is 8.67. The van der Waals surface area contributed by atoms with Crippen LogP contribution >= 0.6 is 0 Å². The number of carboxylic acid groups (broad SMARTS) is 1. The van der Waals surface area contributed by atoms with Crippen LogP contribution in [-0.4, -0.2) is 16.1 Å². The largest absolute Gasteiger partial charge is 0.477 e. The zero-order chi connectivity index (χ0) is 9.97. The van der Waals surface area contributed by atoms with Crippen molar-refractivity contribution < 1.29 is 14.3 Å². The highest BCUT2D eigenvalue weighted by Gasteiger charge is 2.06. The standard InChI is InChI=1S/C10H9NO3/c12-10(13)9-4-3-7(11-9)6-8-2-1-5-14-8/h1-5,11H,6H2,(H,12,13). The van der Waals surface area contributed by atoms with Gasteiger partial charge in [-0.3, -0.25) is 0 Å². The molecule has 0 spiro atoms. The van der Waals surface area contributed by atoms with Crippen molar-refractivity contribution in [2.75, 3.05) is 0 Å². The summed E-state index contributed by atoms with van der Waals surface area (Å²) in [5.74, 6) is -0.139. The van der Waals surface area contributed by atoms with E-state index in [4.69, 9.17) is 9.52 Å². The molecule has 2 aromatic rings. The predicted molar refractivity (Wildman–Crippen MR) is 49.3 cm³/mol. The van der Waals surface area contributed by atoms with Crippen molar-refractivity contribution in [3.8, 4) is 0 Å². The Morgan fingerprint density at radius 2 is 2.29 bits per heavy atom. The fraction of sp³-hybridized carbons (Fsp3) is 0.100. The van der Waals surface area contributed by atoms with E-state index in [0.29, 0.717) is 6.42 Å². The summed E-state index contributed by atoms with van der Waals surface area (Å²) in [6.07, 6.45) is 2.18. The predicted octanol–water partition coefficient (Wildman–Crippen LogP) is 1.90. The first kappa shape index (κ1) is 8.62. The number of hydrogen-bond donors (Lipinski definition) is 2. The topological polar surface area (TPSA) is 66.2 Å². The van der Waals surface area contributed by atoms with E-state index in [-0.39, 0.29) is 5.69 Å². The molecule has 0 aliphatic heterocycles. The van der Waals surface area contributed by atoms with Crippen LogP contribution in [0.1, 0.15) is 21.9 Å². The minimum Gasteiger partial charge on any atom is -0.477 e. The fourth-order valence-corrected chi connectivity index (χ4v) is 1.27. The molecule has 2 N–H and O–H groups in total. The minimum atomic E-state index is -0.948. The molecule has 14 heavy (non-hydrogen) atoms. The summed E-state index contributed by atoms with van der Waals surface area (Å²) in [4.78, 5) is 13.4. The zero-order valence-corrected chi connectivity index (χ0v) is 7.36. The van der Waals surface area contributed by atoms with Gasteiger partial charge in [0.25, 0.3) is 0 Å². The second kappa shape index (κ2) is 3.41. The number of rotatable bonds is 3. The maximum Gasteiger partial charge on any atom is 0.352 e. The lowest BCUT2D eigenvalue weighted by Gasteiger charge is -1.92. The third-order valence-corrected chi connectivity index (χ3v) is 1.92. The molecule has 0 atom stereocenters. The number of aromatic nitrogens is 1. The van der Waals surface area contributed by atoms with Crippen LogP contribution in [0.5, 0.6) is 0 Å². The van der Waals surface area contributed by atoms with Gasteiger partial charge in [0.1, 0.15) is 11.5 Å². The number of hydrogen-bond acceptors (Lipinski definition) is 2. The number of carboxylic acids is 1. The molecule has 2 aromatic heterocycles. The van der Waals surface area contributed by atoms with Gasteiger partial charge in [-0.25, -0.2) is 4.79 Å². The Morgan fingerprint density at radius 1 is 1.43 bits per heavy atom. The van der Waals surface area contributed by atoms with Crippen molar-refractivity contribution in [1.82, 2.24) is 4.98 Å². The van der Waals surface area contributed by atoms with E-state index >= 15 is 0 Å². The molecule has 0 bridgehead atoms. The second-order valence-corrected chi connectivity index (χ2v) is 2.96. The van der Waals surface area contributed by atoms with Crippen LogP contribution in [0.25, 0.3) is 0 Å². The maximum atomic E-state index is 10.6. The molecule has 0 amide bonds. The summed E-state index contributed by atoms with van der Waals surface area (Å²) in [6.45, 7) is 0. The van der Waals surface area contributed by atoms with E-state index < -0.39 is 5.97 Å². The van der Waals surface area contributed by atoms with Crippen molar-refractivity contribution in [3.05, 3.63) is 47.7 Å². The third-order valence-electron chi connectivity index (χ3n) is 1.92. The Hall–Kier alpha value is -1.97. The van der Waals surface area contributed by atoms with Crippen LogP contribution in [0, 0.1) is 0 Å². The van der Waals surface area contributed by atoms with Crippen molar-refractivity contribution in [3.63, 3.8) is 0 Å². The normalized spacial score (nSPS) is 10.3. The first-order valence-corrected chi connectivity index (χ1v) is 4.19. The average molecular weight is 191 g/mol. The van der Waals surface area contributed by atoms with Crippen molar-refractivity contribution in [2.24, 2.45) is 0 Å². The summed E-state index contributed by atoms with van der Waals surface area (Å²) < 4.78 is 5.14.